The summed E-state index contributed by atoms with van der Waals surface area (Å²) in [5, 5.41) is 2.64. The van der Waals surface area contributed by atoms with Gasteiger partial charge in [-0.05, 0) is 0 Å². The SMILES string of the molecule is CCCC1=[C-]C(C)(C)C(C)=C1C.[C-]1=CCc2ccc3ccccc3c21.[Cl-].[Cl-].[Zr+4]. The van der Waals surface area contributed by atoms with Crippen molar-refractivity contribution < 1.29 is 51.0 Å². The van der Waals surface area contributed by atoms with E-state index in [1.807, 2.05) is 0 Å². The standard InChI is InChI=1S/C13H9.C12H19.2ClH.Zr/c1-2-6-12-10(4-1)8-9-11-5-3-7-13(11)12;1-6-7-11-8-12(4,5)10(3)9(11)2;;;/h1-4,6,8-9H,5H2;6-7H2,1-5H3;2*1H;/q2*-1;;;+4/p-2. The fraction of sp³-hybridized carbons (Fsp3) is 0.360. The molecule has 0 bridgehead atoms. The molecule has 0 N–H and O–H groups in total. The first kappa shape index (κ1) is 27.4. The first-order valence-electron chi connectivity index (χ1n) is 9.35. The Hall–Kier alpha value is -0.617. The quantitative estimate of drug-likeness (QED) is 0.552. The molecule has 28 heavy (non-hydrogen) atoms. The monoisotopic (exact) mass is 488 g/mol. The van der Waals surface area contributed by atoms with Gasteiger partial charge in [0.2, 0.25) is 0 Å². The van der Waals surface area contributed by atoms with Crippen molar-refractivity contribution in [2.75, 3.05) is 0 Å². The molecule has 0 atom stereocenters. The first-order chi connectivity index (χ1) is 11.9. The van der Waals surface area contributed by atoms with Crippen LogP contribution in [0.5, 0.6) is 0 Å². The van der Waals surface area contributed by atoms with E-state index in [9.17, 15) is 0 Å². The third-order valence-electron chi connectivity index (χ3n) is 5.50. The second-order valence-corrected chi connectivity index (χ2v) is 7.60. The van der Waals surface area contributed by atoms with Crippen molar-refractivity contribution in [1.82, 2.24) is 0 Å². The Morgan fingerprint density at radius 2 is 1.68 bits per heavy atom. The van der Waals surface area contributed by atoms with E-state index in [0.717, 1.165) is 6.42 Å². The van der Waals surface area contributed by atoms with Crippen LogP contribution in [0.15, 0.2) is 59.2 Å². The van der Waals surface area contributed by atoms with Crippen molar-refractivity contribution in [2.45, 2.75) is 53.9 Å². The fourth-order valence-corrected chi connectivity index (χ4v) is 3.68. The van der Waals surface area contributed by atoms with Crippen LogP contribution in [0.2, 0.25) is 0 Å². The Morgan fingerprint density at radius 3 is 2.29 bits per heavy atom. The van der Waals surface area contributed by atoms with Gasteiger partial charge >= 0.3 is 26.2 Å². The van der Waals surface area contributed by atoms with Crippen LogP contribution in [-0.2, 0) is 32.6 Å². The number of allylic oxidation sites excluding steroid dienone is 5. The van der Waals surface area contributed by atoms with E-state index in [-0.39, 0.29) is 56.4 Å². The molecule has 146 valence electrons. The van der Waals surface area contributed by atoms with Gasteiger partial charge in [-0.25, -0.2) is 5.57 Å². The molecule has 0 heterocycles. The van der Waals surface area contributed by atoms with Crippen LogP contribution in [0.3, 0.4) is 0 Å². The summed E-state index contributed by atoms with van der Waals surface area (Å²) < 4.78 is 0. The van der Waals surface area contributed by atoms with Crippen LogP contribution in [0, 0.1) is 17.6 Å². The third-order valence-corrected chi connectivity index (χ3v) is 5.50. The Balaban J connectivity index is 0.000000472. The minimum absolute atomic E-state index is 0. The van der Waals surface area contributed by atoms with Gasteiger partial charge in [-0.2, -0.15) is 28.9 Å². The van der Waals surface area contributed by atoms with Crippen LogP contribution in [-0.4, -0.2) is 0 Å². The predicted octanol–water partition coefficient (Wildman–Crippen LogP) is 1.00. The molecular weight excluding hydrogens is 462 g/mol. The van der Waals surface area contributed by atoms with Gasteiger partial charge in [0.1, 0.15) is 0 Å². The van der Waals surface area contributed by atoms with E-state index in [4.69, 9.17) is 0 Å². The van der Waals surface area contributed by atoms with Crippen molar-refractivity contribution in [1.29, 1.82) is 0 Å². The maximum Gasteiger partial charge on any atom is 4.00 e. The summed E-state index contributed by atoms with van der Waals surface area (Å²) in [6, 6.07) is 12.9. The van der Waals surface area contributed by atoms with E-state index < -0.39 is 0 Å². The Bertz CT molecular complexity index is 889. The van der Waals surface area contributed by atoms with Crippen molar-refractivity contribution in [2.24, 2.45) is 5.41 Å². The van der Waals surface area contributed by atoms with Gasteiger partial charge in [0.15, 0.2) is 0 Å². The fourth-order valence-electron chi connectivity index (χ4n) is 3.68. The second-order valence-electron chi connectivity index (χ2n) is 7.60. The number of rotatable bonds is 2. The van der Waals surface area contributed by atoms with Crippen LogP contribution in [0.1, 0.15) is 58.6 Å². The van der Waals surface area contributed by atoms with Crippen LogP contribution >= 0.6 is 0 Å². The number of hydrogen-bond acceptors (Lipinski definition) is 0. The summed E-state index contributed by atoms with van der Waals surface area (Å²) in [4.78, 5) is 0. The minimum atomic E-state index is 0. The van der Waals surface area contributed by atoms with Gasteiger partial charge in [-0.3, -0.25) is 6.08 Å². The molecule has 0 aliphatic heterocycles. The second kappa shape index (κ2) is 11.5. The summed E-state index contributed by atoms with van der Waals surface area (Å²) in [7, 11) is 0. The molecule has 2 aliphatic rings. The normalized spacial score (nSPS) is 15.5. The molecule has 0 amide bonds. The molecule has 0 saturated heterocycles. The predicted molar refractivity (Wildman–Crippen MR) is 108 cm³/mol. The summed E-state index contributed by atoms with van der Waals surface area (Å²) >= 11 is 0. The van der Waals surface area contributed by atoms with Crippen molar-refractivity contribution >= 4 is 10.8 Å². The third kappa shape index (κ3) is 5.72. The molecule has 2 aromatic carbocycles. The van der Waals surface area contributed by atoms with E-state index in [0.29, 0.717) is 0 Å². The summed E-state index contributed by atoms with van der Waals surface area (Å²) in [5.74, 6) is 0. The van der Waals surface area contributed by atoms with Crippen molar-refractivity contribution in [3.05, 3.63) is 82.5 Å². The Morgan fingerprint density at radius 1 is 1.00 bits per heavy atom. The molecule has 4 rings (SSSR count). The molecule has 0 nitrogen and oxygen atoms in total. The van der Waals surface area contributed by atoms with Gasteiger partial charge < -0.3 is 24.8 Å². The van der Waals surface area contributed by atoms with E-state index in [2.05, 4.69) is 89.2 Å². The Kier molecular flexibility index (Phi) is 11.3. The maximum absolute atomic E-state index is 3.57. The molecule has 3 heteroatoms. The molecule has 0 aromatic heterocycles. The number of halogens is 2. The number of benzene rings is 2. The molecule has 0 saturated carbocycles. The smallest absolute Gasteiger partial charge is 1.00 e. The van der Waals surface area contributed by atoms with Gasteiger partial charge in [0.25, 0.3) is 0 Å². The van der Waals surface area contributed by atoms with Crippen molar-refractivity contribution in [3.63, 3.8) is 0 Å². The van der Waals surface area contributed by atoms with Crippen molar-refractivity contribution in [3.8, 4) is 0 Å². The number of fused-ring (bicyclic) bond motifs is 3. The Labute approximate surface area is 202 Å². The molecular formula is C25H28Cl2Zr. The van der Waals surface area contributed by atoms with Gasteiger partial charge in [0, 0.05) is 0 Å². The first-order valence-corrected chi connectivity index (χ1v) is 9.35. The number of hydrogen-bond donors (Lipinski definition) is 0. The topological polar surface area (TPSA) is 0 Å². The molecule has 0 fully saturated rings. The molecule has 0 unspecified atom stereocenters. The zero-order valence-electron chi connectivity index (χ0n) is 17.4. The average molecular weight is 491 g/mol. The van der Waals surface area contributed by atoms with Crippen LogP contribution in [0.4, 0.5) is 0 Å². The molecule has 0 spiro atoms. The van der Waals surface area contributed by atoms with Crippen LogP contribution in [0.25, 0.3) is 10.8 Å². The van der Waals surface area contributed by atoms with E-state index in [1.54, 1.807) is 0 Å². The summed E-state index contributed by atoms with van der Waals surface area (Å²) in [6.07, 6.45) is 12.5. The molecule has 2 aliphatic carbocycles. The van der Waals surface area contributed by atoms with Gasteiger partial charge in [-0.15, -0.1) is 30.0 Å². The van der Waals surface area contributed by atoms with E-state index in [1.165, 1.54) is 51.5 Å². The van der Waals surface area contributed by atoms with Gasteiger partial charge in [-0.1, -0.05) is 82.0 Å². The van der Waals surface area contributed by atoms with Gasteiger partial charge in [0.05, 0.1) is 0 Å². The zero-order chi connectivity index (χ0) is 18.0. The van der Waals surface area contributed by atoms with Crippen LogP contribution < -0.4 is 24.8 Å². The zero-order valence-corrected chi connectivity index (χ0v) is 21.4. The molecule has 2 aromatic rings. The van der Waals surface area contributed by atoms with E-state index >= 15 is 0 Å². The minimum Gasteiger partial charge on any atom is -1.00 e. The summed E-state index contributed by atoms with van der Waals surface area (Å²) in [5.41, 5.74) is 7.29. The average Bonchev–Trinajstić information content (AvgIpc) is 3.16. The maximum atomic E-state index is 3.57. The largest absolute Gasteiger partial charge is 4.00 e. The summed E-state index contributed by atoms with van der Waals surface area (Å²) in [6.45, 7) is 11.2. The molecule has 0 radical (unpaired) electrons.